The van der Waals surface area contributed by atoms with Gasteiger partial charge in [0.1, 0.15) is 5.75 Å². The summed E-state index contributed by atoms with van der Waals surface area (Å²) in [5.41, 5.74) is 0.675. The molecule has 2 amide bonds. The van der Waals surface area contributed by atoms with Crippen molar-refractivity contribution in [1.82, 2.24) is 4.90 Å². The molecule has 6 heteroatoms. The predicted molar refractivity (Wildman–Crippen MR) is 75.0 cm³/mol. The highest BCUT2D eigenvalue weighted by molar-refractivity contribution is 5.89. The number of carbonyl (C=O) groups is 1. The van der Waals surface area contributed by atoms with E-state index in [9.17, 15) is 4.79 Å². The third-order valence-electron chi connectivity index (χ3n) is 3.14. The zero-order chi connectivity index (χ0) is 14.5. The second-order valence-electron chi connectivity index (χ2n) is 4.82. The molecule has 1 aliphatic heterocycles. The Morgan fingerprint density at radius 3 is 3.05 bits per heavy atom. The van der Waals surface area contributed by atoms with E-state index in [1.165, 1.54) is 0 Å². The van der Waals surface area contributed by atoms with Gasteiger partial charge in [0.15, 0.2) is 0 Å². The predicted octanol–water partition coefficient (Wildman–Crippen LogP) is 1.31. The van der Waals surface area contributed by atoms with Crippen LogP contribution in [0, 0.1) is 0 Å². The van der Waals surface area contributed by atoms with E-state index in [0.29, 0.717) is 24.5 Å². The van der Waals surface area contributed by atoms with Gasteiger partial charge in [-0.1, -0.05) is 6.07 Å². The van der Waals surface area contributed by atoms with Gasteiger partial charge in [-0.2, -0.15) is 0 Å². The summed E-state index contributed by atoms with van der Waals surface area (Å²) in [4.78, 5) is 13.9. The van der Waals surface area contributed by atoms with Gasteiger partial charge in [-0.05, 0) is 19.1 Å². The van der Waals surface area contributed by atoms with E-state index < -0.39 is 0 Å². The Bertz CT molecular complexity index is 466. The van der Waals surface area contributed by atoms with Gasteiger partial charge in [0.2, 0.25) is 0 Å². The Kier molecular flexibility index (Phi) is 4.81. The standard InChI is InChI=1S/C14H20N2O4/c1-10-7-16(8-13(9-17)20-10)14(18)15-11-4-3-5-12(6-11)19-2/h3-6,10,13,17H,7-9H2,1-2H3,(H,15,18). The quantitative estimate of drug-likeness (QED) is 0.875. The summed E-state index contributed by atoms with van der Waals surface area (Å²) in [6.07, 6.45) is -0.410. The molecule has 1 heterocycles. The molecule has 20 heavy (non-hydrogen) atoms. The number of nitrogens with zero attached hydrogens (tertiary/aromatic N) is 1. The highest BCUT2D eigenvalue weighted by Gasteiger charge is 2.27. The highest BCUT2D eigenvalue weighted by Crippen LogP contribution is 2.18. The number of aliphatic hydroxyl groups is 1. The molecule has 1 fully saturated rings. The van der Waals surface area contributed by atoms with Gasteiger partial charge in [-0.3, -0.25) is 0 Å². The molecule has 0 aliphatic carbocycles. The fourth-order valence-corrected chi connectivity index (χ4v) is 2.22. The van der Waals surface area contributed by atoms with Crippen molar-refractivity contribution in [2.45, 2.75) is 19.1 Å². The summed E-state index contributed by atoms with van der Waals surface area (Å²) < 4.78 is 10.6. The lowest BCUT2D eigenvalue weighted by Gasteiger charge is -2.36. The maximum Gasteiger partial charge on any atom is 0.322 e. The van der Waals surface area contributed by atoms with E-state index in [4.69, 9.17) is 14.6 Å². The average molecular weight is 280 g/mol. The number of ether oxygens (including phenoxy) is 2. The van der Waals surface area contributed by atoms with Crippen molar-refractivity contribution in [3.05, 3.63) is 24.3 Å². The number of urea groups is 1. The first-order valence-electron chi connectivity index (χ1n) is 6.58. The first kappa shape index (κ1) is 14.6. The summed E-state index contributed by atoms with van der Waals surface area (Å²) in [6, 6.07) is 6.98. The molecule has 1 aromatic carbocycles. The second-order valence-corrected chi connectivity index (χ2v) is 4.82. The molecule has 1 aliphatic rings. The van der Waals surface area contributed by atoms with Gasteiger partial charge < -0.3 is 24.8 Å². The van der Waals surface area contributed by atoms with Crippen molar-refractivity contribution in [3.63, 3.8) is 0 Å². The highest BCUT2D eigenvalue weighted by atomic mass is 16.5. The zero-order valence-electron chi connectivity index (χ0n) is 11.7. The van der Waals surface area contributed by atoms with Crippen LogP contribution in [-0.2, 0) is 4.74 Å². The number of aliphatic hydroxyl groups excluding tert-OH is 1. The lowest BCUT2D eigenvalue weighted by molar-refractivity contribution is -0.0822. The summed E-state index contributed by atoms with van der Waals surface area (Å²) in [7, 11) is 1.58. The Labute approximate surface area is 118 Å². The van der Waals surface area contributed by atoms with E-state index in [1.54, 1.807) is 24.1 Å². The first-order chi connectivity index (χ1) is 9.62. The number of nitrogens with one attached hydrogen (secondary N) is 1. The van der Waals surface area contributed by atoms with Gasteiger partial charge in [0, 0.05) is 18.3 Å². The number of hydrogen-bond donors (Lipinski definition) is 2. The minimum absolute atomic E-state index is 0.0861. The van der Waals surface area contributed by atoms with Crippen LogP contribution >= 0.6 is 0 Å². The SMILES string of the molecule is COc1cccc(NC(=O)N2CC(C)OC(CO)C2)c1. The molecule has 2 unspecified atom stereocenters. The molecule has 0 saturated carbocycles. The molecule has 2 atom stereocenters. The van der Waals surface area contributed by atoms with E-state index in [-0.39, 0.29) is 24.8 Å². The van der Waals surface area contributed by atoms with Crippen molar-refractivity contribution in [3.8, 4) is 5.75 Å². The summed E-state index contributed by atoms with van der Waals surface area (Å²) in [6.45, 7) is 2.68. The topological polar surface area (TPSA) is 71.0 Å². The maximum absolute atomic E-state index is 12.2. The molecule has 0 aromatic heterocycles. The van der Waals surface area contributed by atoms with Gasteiger partial charge >= 0.3 is 6.03 Å². The van der Waals surface area contributed by atoms with Gasteiger partial charge in [-0.25, -0.2) is 4.79 Å². The van der Waals surface area contributed by atoms with Crippen molar-refractivity contribution >= 4 is 11.7 Å². The third kappa shape index (κ3) is 3.61. The molecule has 0 bridgehead atoms. The Hall–Kier alpha value is -1.79. The van der Waals surface area contributed by atoms with Crippen LogP contribution in [0.1, 0.15) is 6.92 Å². The Morgan fingerprint density at radius 2 is 2.35 bits per heavy atom. The third-order valence-corrected chi connectivity index (χ3v) is 3.14. The Morgan fingerprint density at radius 1 is 1.55 bits per heavy atom. The van der Waals surface area contributed by atoms with E-state index in [0.717, 1.165) is 0 Å². The van der Waals surface area contributed by atoms with Gasteiger partial charge in [0.25, 0.3) is 0 Å². The number of benzene rings is 1. The molecule has 2 N–H and O–H groups in total. The molecule has 6 nitrogen and oxygen atoms in total. The van der Waals surface area contributed by atoms with E-state index >= 15 is 0 Å². The van der Waals surface area contributed by atoms with Crippen LogP contribution in [0.25, 0.3) is 0 Å². The molecule has 0 radical (unpaired) electrons. The largest absolute Gasteiger partial charge is 0.497 e. The maximum atomic E-state index is 12.2. The number of morpholine rings is 1. The molecule has 2 rings (SSSR count). The zero-order valence-corrected chi connectivity index (χ0v) is 11.7. The number of carbonyl (C=O) groups excluding carboxylic acids is 1. The normalized spacial score (nSPS) is 22.4. The molecular formula is C14H20N2O4. The molecule has 0 spiro atoms. The average Bonchev–Trinajstić information content (AvgIpc) is 2.46. The molecule has 1 aromatic rings. The number of amides is 2. The van der Waals surface area contributed by atoms with Crippen molar-refractivity contribution in [2.24, 2.45) is 0 Å². The lowest BCUT2D eigenvalue weighted by atomic mass is 10.2. The first-order valence-corrected chi connectivity index (χ1v) is 6.58. The second kappa shape index (κ2) is 6.58. The minimum atomic E-state index is -0.324. The van der Waals surface area contributed by atoms with Crippen LogP contribution in [0.5, 0.6) is 5.75 Å². The fraction of sp³-hybridized carbons (Fsp3) is 0.500. The summed E-state index contributed by atoms with van der Waals surface area (Å²) in [5, 5.41) is 12.0. The van der Waals surface area contributed by atoms with Crippen LogP contribution in [0.4, 0.5) is 10.5 Å². The summed E-state index contributed by atoms with van der Waals surface area (Å²) in [5.74, 6) is 0.686. The van der Waals surface area contributed by atoms with Gasteiger partial charge in [0.05, 0.1) is 32.5 Å². The number of rotatable bonds is 3. The van der Waals surface area contributed by atoms with Crippen molar-refractivity contribution < 1.29 is 19.4 Å². The summed E-state index contributed by atoms with van der Waals surface area (Å²) >= 11 is 0. The van der Waals surface area contributed by atoms with Crippen molar-refractivity contribution in [1.29, 1.82) is 0 Å². The van der Waals surface area contributed by atoms with Crippen molar-refractivity contribution in [2.75, 3.05) is 32.1 Å². The van der Waals surface area contributed by atoms with Crippen LogP contribution in [0.3, 0.4) is 0 Å². The van der Waals surface area contributed by atoms with Crippen LogP contribution in [0.2, 0.25) is 0 Å². The smallest absolute Gasteiger partial charge is 0.322 e. The van der Waals surface area contributed by atoms with Gasteiger partial charge in [-0.15, -0.1) is 0 Å². The minimum Gasteiger partial charge on any atom is -0.497 e. The Balaban J connectivity index is 2.00. The molecular weight excluding hydrogens is 260 g/mol. The van der Waals surface area contributed by atoms with Crippen LogP contribution in [-0.4, -0.2) is 55.1 Å². The van der Waals surface area contributed by atoms with E-state index in [1.807, 2.05) is 19.1 Å². The monoisotopic (exact) mass is 280 g/mol. The molecule has 1 saturated heterocycles. The number of anilines is 1. The fourth-order valence-electron chi connectivity index (χ4n) is 2.22. The van der Waals surface area contributed by atoms with E-state index in [2.05, 4.69) is 5.32 Å². The number of methoxy groups -OCH3 is 1. The molecule has 110 valence electrons. The number of hydrogen-bond acceptors (Lipinski definition) is 4. The van der Waals surface area contributed by atoms with Crippen LogP contribution in [0.15, 0.2) is 24.3 Å². The lowest BCUT2D eigenvalue weighted by Crippen LogP contribution is -2.51. The van der Waals surface area contributed by atoms with Crippen LogP contribution < -0.4 is 10.1 Å².